The first-order valence-electron chi connectivity index (χ1n) is 9.80. The van der Waals surface area contributed by atoms with Crippen molar-refractivity contribution in [3.63, 3.8) is 0 Å². The number of ether oxygens (including phenoxy) is 4. The molecule has 32 heavy (non-hydrogen) atoms. The number of carbonyl (C=O) groups excluding carboxylic acids is 3. The Kier molecular flexibility index (Phi) is 7.29. The summed E-state index contributed by atoms with van der Waals surface area (Å²) in [6.45, 7) is 0.348. The predicted molar refractivity (Wildman–Crippen MR) is 112 cm³/mol. The highest BCUT2D eigenvalue weighted by Crippen LogP contribution is 2.25. The maximum atomic E-state index is 12.3. The summed E-state index contributed by atoms with van der Waals surface area (Å²) < 4.78 is 20.7. The number of rotatable bonds is 8. The van der Waals surface area contributed by atoms with Crippen LogP contribution in [0.25, 0.3) is 0 Å². The summed E-state index contributed by atoms with van der Waals surface area (Å²) >= 11 is 0. The van der Waals surface area contributed by atoms with Gasteiger partial charge in [0.2, 0.25) is 0 Å². The first-order chi connectivity index (χ1) is 15.4. The third-order valence-electron chi connectivity index (χ3n) is 4.87. The molecule has 0 N–H and O–H groups in total. The van der Waals surface area contributed by atoms with Crippen molar-refractivity contribution < 1.29 is 33.3 Å². The number of hydrogen-bond acceptors (Lipinski definition) is 8. The van der Waals surface area contributed by atoms with Crippen LogP contribution in [0.5, 0.6) is 5.75 Å². The van der Waals surface area contributed by atoms with Gasteiger partial charge in [0.25, 0.3) is 0 Å². The van der Waals surface area contributed by atoms with Crippen molar-refractivity contribution in [3.05, 3.63) is 59.2 Å². The van der Waals surface area contributed by atoms with Gasteiger partial charge in [-0.05, 0) is 35.9 Å². The van der Waals surface area contributed by atoms with Crippen molar-refractivity contribution in [3.8, 4) is 11.8 Å². The fraction of sp³-hybridized carbons (Fsp3) is 0.304. The highest BCUT2D eigenvalue weighted by Gasteiger charge is 2.33. The SMILES string of the molecule is COC(=O)Cc1ccc(OCC2CN(c3ccc(C#N)cc3)C(=O)O2)c(CC(=O)OC)c1. The molecule has 1 aliphatic heterocycles. The maximum absolute atomic E-state index is 12.3. The number of amides is 1. The predicted octanol–water partition coefficient (Wildman–Crippen LogP) is 2.39. The Balaban J connectivity index is 1.68. The Bertz CT molecular complexity index is 1040. The lowest BCUT2D eigenvalue weighted by Crippen LogP contribution is -2.26. The van der Waals surface area contributed by atoms with E-state index in [1.165, 1.54) is 19.1 Å². The molecule has 1 amide bonds. The average Bonchev–Trinajstić information content (AvgIpc) is 3.18. The fourth-order valence-corrected chi connectivity index (χ4v) is 3.21. The number of nitrogens with zero attached hydrogens (tertiary/aromatic N) is 2. The van der Waals surface area contributed by atoms with E-state index >= 15 is 0 Å². The smallest absolute Gasteiger partial charge is 0.414 e. The standard InChI is InChI=1S/C23H22N2O7/c1-29-21(26)10-16-5-8-20(17(9-16)11-22(27)30-2)31-14-19-13-25(23(28)32-19)18-6-3-15(12-24)4-7-18/h3-9,19H,10-11,13-14H2,1-2H3. The lowest BCUT2D eigenvalue weighted by atomic mass is 10.0. The van der Waals surface area contributed by atoms with E-state index in [0.29, 0.717) is 28.1 Å². The summed E-state index contributed by atoms with van der Waals surface area (Å²) in [6.07, 6.45) is -1.02. The molecule has 1 atom stereocenters. The lowest BCUT2D eigenvalue weighted by Gasteiger charge is -2.15. The third kappa shape index (κ3) is 5.55. The molecule has 9 heteroatoms. The minimum absolute atomic E-state index is 0.0390. The normalized spacial score (nSPS) is 15.0. The van der Waals surface area contributed by atoms with Crippen molar-refractivity contribution >= 4 is 23.7 Å². The van der Waals surface area contributed by atoms with E-state index in [2.05, 4.69) is 4.74 Å². The first kappa shape index (κ1) is 22.6. The Morgan fingerprint density at radius 1 is 1.09 bits per heavy atom. The molecule has 1 heterocycles. The zero-order valence-corrected chi connectivity index (χ0v) is 17.7. The molecular weight excluding hydrogens is 416 g/mol. The van der Waals surface area contributed by atoms with Crippen molar-refractivity contribution in [2.45, 2.75) is 18.9 Å². The third-order valence-corrected chi connectivity index (χ3v) is 4.87. The highest BCUT2D eigenvalue weighted by molar-refractivity contribution is 5.89. The topological polar surface area (TPSA) is 115 Å². The monoisotopic (exact) mass is 438 g/mol. The molecule has 0 aliphatic carbocycles. The largest absolute Gasteiger partial charge is 0.489 e. The maximum Gasteiger partial charge on any atom is 0.414 e. The second kappa shape index (κ2) is 10.3. The van der Waals surface area contributed by atoms with E-state index in [0.717, 1.165) is 0 Å². The Morgan fingerprint density at radius 3 is 2.44 bits per heavy atom. The average molecular weight is 438 g/mol. The lowest BCUT2D eigenvalue weighted by molar-refractivity contribution is -0.140. The minimum Gasteiger partial charge on any atom is -0.489 e. The molecule has 0 saturated carbocycles. The number of esters is 2. The van der Waals surface area contributed by atoms with E-state index < -0.39 is 24.1 Å². The van der Waals surface area contributed by atoms with Crippen LogP contribution in [0.2, 0.25) is 0 Å². The zero-order chi connectivity index (χ0) is 23.1. The quantitative estimate of drug-likeness (QED) is 0.456. The number of methoxy groups -OCH3 is 2. The molecular formula is C23H22N2O7. The molecule has 9 nitrogen and oxygen atoms in total. The van der Waals surface area contributed by atoms with Gasteiger partial charge in [-0.3, -0.25) is 14.5 Å². The highest BCUT2D eigenvalue weighted by atomic mass is 16.6. The van der Waals surface area contributed by atoms with Crippen LogP contribution in [0.3, 0.4) is 0 Å². The second-order valence-corrected chi connectivity index (χ2v) is 7.03. The van der Waals surface area contributed by atoms with Gasteiger partial charge in [-0.15, -0.1) is 0 Å². The number of anilines is 1. The Morgan fingerprint density at radius 2 is 1.78 bits per heavy atom. The van der Waals surface area contributed by atoms with Gasteiger partial charge in [-0.2, -0.15) is 5.26 Å². The van der Waals surface area contributed by atoms with E-state index in [1.807, 2.05) is 6.07 Å². The summed E-state index contributed by atoms with van der Waals surface area (Å²) in [5.41, 5.74) is 2.33. The van der Waals surface area contributed by atoms with Crippen LogP contribution in [-0.2, 0) is 36.6 Å². The van der Waals surface area contributed by atoms with Crippen molar-refractivity contribution in [2.24, 2.45) is 0 Å². The molecule has 1 saturated heterocycles. The van der Waals surface area contributed by atoms with Crippen LogP contribution in [0, 0.1) is 11.3 Å². The number of hydrogen-bond donors (Lipinski definition) is 0. The van der Waals surface area contributed by atoms with Gasteiger partial charge in [0.1, 0.15) is 12.4 Å². The number of cyclic esters (lactones) is 1. The van der Waals surface area contributed by atoms with E-state index in [1.54, 1.807) is 42.5 Å². The number of nitriles is 1. The van der Waals surface area contributed by atoms with E-state index in [4.69, 9.17) is 19.5 Å². The molecule has 2 aromatic rings. The zero-order valence-electron chi connectivity index (χ0n) is 17.7. The molecule has 0 spiro atoms. The van der Waals surface area contributed by atoms with Gasteiger partial charge < -0.3 is 18.9 Å². The van der Waals surface area contributed by atoms with Crippen molar-refractivity contribution in [2.75, 3.05) is 32.3 Å². The molecule has 2 aromatic carbocycles. The summed E-state index contributed by atoms with van der Waals surface area (Å²) in [5.74, 6) is -0.426. The fourth-order valence-electron chi connectivity index (χ4n) is 3.21. The Labute approximate surface area is 185 Å². The van der Waals surface area contributed by atoms with E-state index in [9.17, 15) is 14.4 Å². The molecule has 1 unspecified atom stereocenters. The molecule has 3 rings (SSSR count). The van der Waals surface area contributed by atoms with Gasteiger partial charge in [0.15, 0.2) is 6.10 Å². The molecule has 166 valence electrons. The van der Waals surface area contributed by atoms with Gasteiger partial charge in [0.05, 0.1) is 45.2 Å². The number of benzene rings is 2. The molecule has 1 fully saturated rings. The van der Waals surface area contributed by atoms with Gasteiger partial charge in [-0.25, -0.2) is 4.79 Å². The van der Waals surface area contributed by atoms with Crippen LogP contribution >= 0.6 is 0 Å². The molecule has 0 radical (unpaired) electrons. The van der Waals surface area contributed by atoms with Crippen LogP contribution in [0.1, 0.15) is 16.7 Å². The summed E-state index contributed by atoms with van der Waals surface area (Å²) in [7, 11) is 2.59. The Hall–Kier alpha value is -4.06. The van der Waals surface area contributed by atoms with Crippen molar-refractivity contribution in [1.29, 1.82) is 5.26 Å². The molecule has 0 aromatic heterocycles. The first-order valence-corrected chi connectivity index (χ1v) is 9.80. The number of carbonyl (C=O) groups is 3. The van der Waals surface area contributed by atoms with Gasteiger partial charge >= 0.3 is 18.0 Å². The second-order valence-electron chi connectivity index (χ2n) is 7.03. The molecule has 1 aliphatic rings. The summed E-state index contributed by atoms with van der Waals surface area (Å²) in [5, 5.41) is 8.91. The van der Waals surface area contributed by atoms with Crippen molar-refractivity contribution in [1.82, 2.24) is 0 Å². The summed E-state index contributed by atoms with van der Waals surface area (Å²) in [6, 6.07) is 13.7. The van der Waals surface area contributed by atoms with Crippen LogP contribution in [0.4, 0.5) is 10.5 Å². The van der Waals surface area contributed by atoms with E-state index in [-0.39, 0.29) is 26.0 Å². The van der Waals surface area contributed by atoms with Crippen LogP contribution in [-0.4, -0.2) is 51.5 Å². The van der Waals surface area contributed by atoms with Crippen LogP contribution < -0.4 is 9.64 Å². The van der Waals surface area contributed by atoms with Gasteiger partial charge in [0, 0.05) is 11.3 Å². The van der Waals surface area contributed by atoms with Crippen LogP contribution in [0.15, 0.2) is 42.5 Å². The summed E-state index contributed by atoms with van der Waals surface area (Å²) in [4.78, 5) is 37.1. The van der Waals surface area contributed by atoms with Gasteiger partial charge in [-0.1, -0.05) is 12.1 Å². The molecule has 0 bridgehead atoms. The minimum atomic E-state index is -0.529.